The molecule has 1 amide bonds. The molecular weight excluding hydrogens is 316 g/mol. The number of rotatable bonds is 4. The molecule has 0 aliphatic carbocycles. The number of amides is 1. The van der Waals surface area contributed by atoms with Crippen LogP contribution >= 0.6 is 0 Å². The summed E-state index contributed by atoms with van der Waals surface area (Å²) in [5, 5.41) is 3.58. The molecule has 1 N–H and O–H groups in total. The molecule has 25 heavy (non-hydrogen) atoms. The van der Waals surface area contributed by atoms with E-state index in [1.54, 1.807) is 0 Å². The van der Waals surface area contributed by atoms with Crippen molar-refractivity contribution in [3.05, 3.63) is 23.3 Å². The van der Waals surface area contributed by atoms with Crippen LogP contribution in [0.2, 0.25) is 0 Å². The van der Waals surface area contributed by atoms with E-state index in [1.165, 1.54) is 11.1 Å². The Balaban J connectivity index is 1.70. The largest absolute Gasteiger partial charge is 0.490 e. The lowest BCUT2D eigenvalue weighted by atomic mass is 9.77. The third-order valence-electron chi connectivity index (χ3n) is 5.82. The van der Waals surface area contributed by atoms with Gasteiger partial charge in [-0.1, -0.05) is 0 Å². The van der Waals surface area contributed by atoms with Crippen molar-refractivity contribution in [1.29, 1.82) is 0 Å². The average Bonchev–Trinajstić information content (AvgIpc) is 2.63. The van der Waals surface area contributed by atoms with E-state index < -0.39 is 0 Å². The van der Waals surface area contributed by atoms with Gasteiger partial charge in [-0.25, -0.2) is 0 Å². The Kier molecular flexibility index (Phi) is 4.59. The van der Waals surface area contributed by atoms with Gasteiger partial charge >= 0.3 is 0 Å². The predicted octanol–water partition coefficient (Wildman–Crippen LogP) is 2.68. The summed E-state index contributed by atoms with van der Waals surface area (Å²) in [6, 6.07) is 4.73. The van der Waals surface area contributed by atoms with Crippen LogP contribution in [0.15, 0.2) is 12.1 Å². The molecule has 1 aromatic carbocycles. The highest BCUT2D eigenvalue weighted by Gasteiger charge is 2.45. The smallest absolute Gasteiger partial charge is 0.227 e. The molecule has 2 fully saturated rings. The summed E-state index contributed by atoms with van der Waals surface area (Å²) in [4.78, 5) is 15.1. The summed E-state index contributed by atoms with van der Waals surface area (Å²) in [6.07, 6.45) is 4.03. The fourth-order valence-electron chi connectivity index (χ4n) is 4.71. The number of carbonyl (C=O) groups is 1. The maximum atomic E-state index is 13.0. The number of nitrogens with one attached hydrogen (secondary N) is 1. The monoisotopic (exact) mass is 344 g/mol. The third-order valence-corrected chi connectivity index (χ3v) is 5.82. The van der Waals surface area contributed by atoms with Crippen molar-refractivity contribution < 1.29 is 14.3 Å². The van der Waals surface area contributed by atoms with Gasteiger partial charge < -0.3 is 19.7 Å². The number of hydrogen-bond acceptors (Lipinski definition) is 4. The standard InChI is InChI=1S/C20H28N2O3/c1-3-24-18-10-13-7-9-22-17(15(13)11-19(18)25-4-2)12-16-14(20(22)23)6-5-8-21-16/h10-11,14,16-17,21H,3-9,12H2,1-2H3/t14-,16-,17-/m0/s1. The van der Waals surface area contributed by atoms with Crippen LogP contribution in [0.1, 0.15) is 50.3 Å². The molecule has 0 saturated carbocycles. The minimum absolute atomic E-state index is 0.165. The number of benzene rings is 1. The lowest BCUT2D eigenvalue weighted by molar-refractivity contribution is -0.145. The first-order valence-electron chi connectivity index (χ1n) is 9.69. The number of carbonyl (C=O) groups excluding carboxylic acids is 1. The minimum Gasteiger partial charge on any atom is -0.490 e. The highest BCUT2D eigenvalue weighted by molar-refractivity contribution is 5.82. The Labute approximate surface area is 149 Å². The number of fused-ring (bicyclic) bond motifs is 4. The zero-order valence-electron chi connectivity index (χ0n) is 15.2. The summed E-state index contributed by atoms with van der Waals surface area (Å²) >= 11 is 0. The summed E-state index contributed by atoms with van der Waals surface area (Å²) in [5.74, 6) is 2.13. The van der Waals surface area contributed by atoms with E-state index in [4.69, 9.17) is 9.47 Å². The first-order chi connectivity index (χ1) is 12.2. The first kappa shape index (κ1) is 16.7. The van der Waals surface area contributed by atoms with E-state index in [-0.39, 0.29) is 12.0 Å². The van der Waals surface area contributed by atoms with Crippen LogP contribution in [0.3, 0.4) is 0 Å². The topological polar surface area (TPSA) is 50.8 Å². The molecule has 0 spiro atoms. The number of piperidine rings is 2. The van der Waals surface area contributed by atoms with Crippen LogP contribution < -0.4 is 14.8 Å². The van der Waals surface area contributed by atoms with Crippen LogP contribution in [-0.2, 0) is 11.2 Å². The summed E-state index contributed by atoms with van der Waals surface area (Å²) < 4.78 is 11.6. The third kappa shape index (κ3) is 2.88. The Bertz CT molecular complexity index is 661. The van der Waals surface area contributed by atoms with Gasteiger partial charge in [-0.05, 0) is 69.3 Å². The van der Waals surface area contributed by atoms with Crippen LogP contribution in [0.25, 0.3) is 0 Å². The van der Waals surface area contributed by atoms with Gasteiger partial charge in [0.2, 0.25) is 5.91 Å². The average molecular weight is 344 g/mol. The molecule has 3 heterocycles. The van der Waals surface area contributed by atoms with Crippen molar-refractivity contribution in [2.75, 3.05) is 26.3 Å². The Morgan fingerprint density at radius 1 is 1.20 bits per heavy atom. The van der Waals surface area contributed by atoms with Gasteiger partial charge in [0, 0.05) is 12.6 Å². The Hall–Kier alpha value is -1.75. The van der Waals surface area contributed by atoms with Crippen molar-refractivity contribution in [2.45, 2.75) is 51.6 Å². The minimum atomic E-state index is 0.165. The highest BCUT2D eigenvalue weighted by Crippen LogP contribution is 2.44. The second kappa shape index (κ2) is 6.87. The number of nitrogens with zero attached hydrogens (tertiary/aromatic N) is 1. The molecule has 1 aromatic rings. The lowest BCUT2D eigenvalue weighted by Crippen LogP contribution is -2.57. The van der Waals surface area contributed by atoms with Crippen molar-refractivity contribution in [2.24, 2.45) is 5.92 Å². The fourth-order valence-corrected chi connectivity index (χ4v) is 4.71. The maximum Gasteiger partial charge on any atom is 0.227 e. The highest BCUT2D eigenvalue weighted by atomic mass is 16.5. The van der Waals surface area contributed by atoms with Crippen LogP contribution in [0.4, 0.5) is 0 Å². The zero-order valence-corrected chi connectivity index (χ0v) is 15.2. The van der Waals surface area contributed by atoms with Gasteiger partial charge in [0.1, 0.15) is 0 Å². The van der Waals surface area contributed by atoms with E-state index in [0.29, 0.717) is 25.2 Å². The first-order valence-corrected chi connectivity index (χ1v) is 9.69. The van der Waals surface area contributed by atoms with Crippen molar-refractivity contribution in [3.8, 4) is 11.5 Å². The van der Waals surface area contributed by atoms with Crippen molar-refractivity contribution in [1.82, 2.24) is 10.2 Å². The summed E-state index contributed by atoms with van der Waals surface area (Å²) in [7, 11) is 0. The number of hydrogen-bond donors (Lipinski definition) is 1. The second-order valence-corrected chi connectivity index (χ2v) is 7.21. The summed E-state index contributed by atoms with van der Waals surface area (Å²) in [6.45, 7) is 7.06. The zero-order chi connectivity index (χ0) is 17.4. The summed E-state index contributed by atoms with van der Waals surface area (Å²) in [5.41, 5.74) is 2.55. The SMILES string of the molecule is CCOc1cc2c(cc1OCC)[C@@H]1C[C@@H]3NCCC[C@@H]3C(=O)N1CC2. The molecule has 5 nitrogen and oxygen atoms in total. The van der Waals surface area contributed by atoms with Crippen molar-refractivity contribution >= 4 is 5.91 Å². The molecule has 3 atom stereocenters. The molecule has 0 radical (unpaired) electrons. The van der Waals surface area contributed by atoms with Gasteiger partial charge in [0.15, 0.2) is 11.5 Å². The molecule has 0 aromatic heterocycles. The lowest BCUT2D eigenvalue weighted by Gasteiger charge is -2.48. The maximum absolute atomic E-state index is 13.0. The van der Waals surface area contributed by atoms with Gasteiger partial charge in [-0.2, -0.15) is 0 Å². The van der Waals surface area contributed by atoms with Crippen molar-refractivity contribution in [3.63, 3.8) is 0 Å². The quantitative estimate of drug-likeness (QED) is 0.912. The van der Waals surface area contributed by atoms with E-state index in [2.05, 4.69) is 22.3 Å². The molecule has 136 valence electrons. The molecule has 3 aliphatic rings. The fraction of sp³-hybridized carbons (Fsp3) is 0.650. The van der Waals surface area contributed by atoms with E-state index >= 15 is 0 Å². The molecule has 2 saturated heterocycles. The van der Waals surface area contributed by atoms with E-state index in [0.717, 1.165) is 50.3 Å². The molecule has 4 rings (SSSR count). The van der Waals surface area contributed by atoms with Gasteiger partial charge in [0.25, 0.3) is 0 Å². The van der Waals surface area contributed by atoms with E-state index in [1.807, 2.05) is 13.8 Å². The van der Waals surface area contributed by atoms with E-state index in [9.17, 15) is 4.79 Å². The van der Waals surface area contributed by atoms with Gasteiger partial charge in [0.05, 0.1) is 25.2 Å². The van der Waals surface area contributed by atoms with Gasteiger partial charge in [-0.3, -0.25) is 4.79 Å². The van der Waals surface area contributed by atoms with Gasteiger partial charge in [-0.15, -0.1) is 0 Å². The van der Waals surface area contributed by atoms with Crippen LogP contribution in [-0.4, -0.2) is 43.2 Å². The van der Waals surface area contributed by atoms with Crippen LogP contribution in [0, 0.1) is 5.92 Å². The predicted molar refractivity (Wildman–Crippen MR) is 96.1 cm³/mol. The Morgan fingerprint density at radius 3 is 2.72 bits per heavy atom. The molecule has 3 aliphatic heterocycles. The second-order valence-electron chi connectivity index (χ2n) is 7.21. The van der Waals surface area contributed by atoms with Crippen LogP contribution in [0.5, 0.6) is 11.5 Å². The molecule has 0 unspecified atom stereocenters. The Morgan fingerprint density at radius 2 is 1.96 bits per heavy atom. The molecular formula is C20H28N2O3. The number of ether oxygens (including phenoxy) is 2. The molecule has 0 bridgehead atoms. The molecule has 5 heteroatoms. The normalized spacial score (nSPS) is 28.0.